The summed E-state index contributed by atoms with van der Waals surface area (Å²) in [6.07, 6.45) is 1.63. The van der Waals surface area contributed by atoms with E-state index in [0.29, 0.717) is 5.92 Å². The first-order valence-electron chi connectivity index (χ1n) is 3.58. The van der Waals surface area contributed by atoms with Crippen LogP contribution in [0.3, 0.4) is 0 Å². The first-order chi connectivity index (χ1) is 4.80. The van der Waals surface area contributed by atoms with Crippen molar-refractivity contribution in [3.63, 3.8) is 0 Å². The van der Waals surface area contributed by atoms with Crippen molar-refractivity contribution in [3.8, 4) is 0 Å². The molecule has 0 aliphatic heterocycles. The minimum Gasteiger partial charge on any atom is -0.342 e. The van der Waals surface area contributed by atoms with Crippen molar-refractivity contribution in [2.45, 2.75) is 33.6 Å². The van der Waals surface area contributed by atoms with Crippen molar-refractivity contribution in [2.75, 3.05) is 0 Å². The molecule has 1 heterocycles. The lowest BCUT2D eigenvalue weighted by Crippen LogP contribution is -1.80. The largest absolute Gasteiger partial charge is 0.342 e. The Kier molecular flexibility index (Phi) is 4.54. The van der Waals surface area contributed by atoms with E-state index in [-0.39, 0.29) is 0 Å². The molecule has 0 spiro atoms. The second kappa shape index (κ2) is 4.97. The molecule has 0 atom stereocenters. The van der Waals surface area contributed by atoms with Gasteiger partial charge in [-0.15, -0.1) is 5.10 Å². The van der Waals surface area contributed by atoms with Crippen LogP contribution in [0.15, 0.2) is 10.7 Å². The maximum Gasteiger partial charge on any atom is 0.159 e. The predicted molar refractivity (Wildman–Crippen MR) is 39.7 cm³/mol. The molecule has 0 amide bonds. The first-order valence-corrected chi connectivity index (χ1v) is 3.58. The average Bonchev–Trinajstić information content (AvgIpc) is 2.42. The molecule has 1 aromatic rings. The van der Waals surface area contributed by atoms with Gasteiger partial charge in [0.1, 0.15) is 0 Å². The molecule has 0 aliphatic carbocycles. The predicted octanol–water partition coefficient (Wildman–Crippen LogP) is 2.22. The zero-order chi connectivity index (χ0) is 7.98. The number of hydrogen-bond acceptors (Lipinski definition) is 3. The molecule has 0 N–H and O–H groups in total. The summed E-state index contributed by atoms with van der Waals surface area (Å²) in [4.78, 5) is 0. The zero-order valence-corrected chi connectivity index (χ0v) is 6.96. The van der Waals surface area contributed by atoms with Crippen LogP contribution in [-0.4, -0.2) is 10.4 Å². The summed E-state index contributed by atoms with van der Waals surface area (Å²) in [5.41, 5.74) is 0. The van der Waals surface area contributed by atoms with E-state index in [9.17, 15) is 0 Å². The van der Waals surface area contributed by atoms with E-state index in [2.05, 4.69) is 10.4 Å². The van der Waals surface area contributed by atoms with Crippen LogP contribution in [0.2, 0.25) is 0 Å². The fourth-order valence-corrected chi connectivity index (χ4v) is 0.429. The van der Waals surface area contributed by atoms with E-state index in [1.807, 2.05) is 27.7 Å². The van der Waals surface area contributed by atoms with Crippen molar-refractivity contribution >= 4 is 0 Å². The lowest BCUT2D eigenvalue weighted by atomic mass is 10.2. The van der Waals surface area contributed by atoms with Gasteiger partial charge in [-0.1, -0.05) is 27.7 Å². The number of nitrogens with zero attached hydrogens (tertiary/aromatic N) is 2. The topological polar surface area (TPSA) is 38.9 Å². The van der Waals surface area contributed by atoms with Crippen molar-refractivity contribution in [3.05, 3.63) is 12.0 Å². The molecule has 0 bridgehead atoms. The zero-order valence-electron chi connectivity index (χ0n) is 6.96. The third-order valence-corrected chi connectivity index (χ3v) is 0.947. The Morgan fingerprint density at radius 2 is 2.00 bits per heavy atom. The minimum atomic E-state index is 0.394. The third-order valence-electron chi connectivity index (χ3n) is 0.947. The van der Waals surface area contributed by atoms with Gasteiger partial charge in [-0.2, -0.15) is 0 Å². The van der Waals surface area contributed by atoms with Gasteiger partial charge in [-0.25, -0.2) is 0 Å². The highest BCUT2D eigenvalue weighted by molar-refractivity contribution is 4.91. The summed E-state index contributed by atoms with van der Waals surface area (Å²) in [6.45, 7) is 8.06. The van der Waals surface area contributed by atoms with Crippen molar-refractivity contribution in [1.82, 2.24) is 10.4 Å². The summed E-state index contributed by atoms with van der Waals surface area (Å²) in [7, 11) is 0. The Morgan fingerprint density at radius 3 is 2.20 bits per heavy atom. The highest BCUT2D eigenvalue weighted by atomic mass is 16.5. The summed E-state index contributed by atoms with van der Waals surface area (Å²) >= 11 is 0. The van der Waals surface area contributed by atoms with Crippen molar-refractivity contribution < 1.29 is 4.52 Å². The van der Waals surface area contributed by atoms with Crippen LogP contribution in [0.5, 0.6) is 0 Å². The second-order valence-electron chi connectivity index (χ2n) is 1.97. The highest BCUT2D eigenvalue weighted by Crippen LogP contribution is 2.09. The Bertz CT molecular complexity index is 147. The van der Waals surface area contributed by atoms with Gasteiger partial charge < -0.3 is 4.52 Å². The van der Waals surface area contributed by atoms with E-state index in [1.165, 1.54) is 0 Å². The lowest BCUT2D eigenvalue weighted by molar-refractivity contribution is 0.352. The fourth-order valence-electron chi connectivity index (χ4n) is 0.429. The van der Waals surface area contributed by atoms with Gasteiger partial charge in [0.25, 0.3) is 0 Å². The van der Waals surface area contributed by atoms with Gasteiger partial charge in [0.15, 0.2) is 5.76 Å². The van der Waals surface area contributed by atoms with Crippen LogP contribution >= 0.6 is 0 Å². The standard InChI is InChI=1S/C5H8N2O.C2H6/c1-4(2)5-3-6-7-8-5;1-2/h3-4H,1-2H3;1-2H3. The van der Waals surface area contributed by atoms with E-state index in [1.54, 1.807) is 6.20 Å². The van der Waals surface area contributed by atoms with Crippen LogP contribution < -0.4 is 0 Å². The SMILES string of the molecule is CC.CC(C)c1cnno1. The molecule has 10 heavy (non-hydrogen) atoms. The second-order valence-corrected chi connectivity index (χ2v) is 1.97. The number of hydrogen-bond donors (Lipinski definition) is 0. The smallest absolute Gasteiger partial charge is 0.159 e. The lowest BCUT2D eigenvalue weighted by Gasteiger charge is -1.91. The molecule has 3 heteroatoms. The van der Waals surface area contributed by atoms with Gasteiger partial charge in [-0.3, -0.25) is 0 Å². The maximum absolute atomic E-state index is 4.73. The van der Waals surface area contributed by atoms with Crippen LogP contribution in [0, 0.1) is 0 Å². The summed E-state index contributed by atoms with van der Waals surface area (Å²) < 4.78 is 4.73. The Hall–Kier alpha value is -0.860. The van der Waals surface area contributed by atoms with E-state index in [4.69, 9.17) is 4.52 Å². The Labute approximate surface area is 61.4 Å². The molecule has 58 valence electrons. The van der Waals surface area contributed by atoms with Crippen LogP contribution in [0.4, 0.5) is 0 Å². The molecule has 0 aliphatic rings. The van der Waals surface area contributed by atoms with Crippen molar-refractivity contribution in [1.29, 1.82) is 0 Å². The molecule has 0 saturated heterocycles. The molecule has 0 fully saturated rings. The van der Waals surface area contributed by atoms with E-state index < -0.39 is 0 Å². The Balaban J connectivity index is 0.000000371. The van der Waals surface area contributed by atoms with Crippen LogP contribution in [0.25, 0.3) is 0 Å². The third kappa shape index (κ3) is 2.62. The molecule has 0 aromatic carbocycles. The number of aromatic nitrogens is 2. The van der Waals surface area contributed by atoms with Crippen molar-refractivity contribution in [2.24, 2.45) is 0 Å². The molecular weight excluding hydrogens is 128 g/mol. The normalized spacial score (nSPS) is 8.90. The minimum absolute atomic E-state index is 0.394. The maximum atomic E-state index is 4.73. The van der Waals surface area contributed by atoms with Gasteiger partial charge in [-0.05, 0) is 0 Å². The van der Waals surface area contributed by atoms with Gasteiger partial charge in [0.05, 0.1) is 6.20 Å². The molecular formula is C7H14N2O. The molecule has 0 saturated carbocycles. The van der Waals surface area contributed by atoms with E-state index in [0.717, 1.165) is 5.76 Å². The molecule has 1 rings (SSSR count). The van der Waals surface area contributed by atoms with Crippen LogP contribution in [-0.2, 0) is 0 Å². The van der Waals surface area contributed by atoms with Gasteiger partial charge in [0, 0.05) is 11.2 Å². The summed E-state index contributed by atoms with van der Waals surface area (Å²) in [6, 6.07) is 0. The summed E-state index contributed by atoms with van der Waals surface area (Å²) in [5, 5.41) is 6.85. The first kappa shape index (κ1) is 9.14. The monoisotopic (exact) mass is 142 g/mol. The molecule has 1 aromatic heterocycles. The van der Waals surface area contributed by atoms with Gasteiger partial charge >= 0.3 is 0 Å². The molecule has 3 nitrogen and oxygen atoms in total. The van der Waals surface area contributed by atoms with Crippen LogP contribution in [0.1, 0.15) is 39.4 Å². The quantitative estimate of drug-likeness (QED) is 0.603. The van der Waals surface area contributed by atoms with Gasteiger partial charge in [0.2, 0.25) is 0 Å². The van der Waals surface area contributed by atoms with E-state index >= 15 is 0 Å². The molecule has 0 radical (unpaired) electrons. The fraction of sp³-hybridized carbons (Fsp3) is 0.714. The number of rotatable bonds is 1. The highest BCUT2D eigenvalue weighted by Gasteiger charge is 2.00. The average molecular weight is 142 g/mol. The molecule has 0 unspecified atom stereocenters. The Morgan fingerprint density at radius 1 is 1.40 bits per heavy atom. The summed E-state index contributed by atoms with van der Waals surface area (Å²) in [5.74, 6) is 1.23.